The summed E-state index contributed by atoms with van der Waals surface area (Å²) in [7, 11) is 5.04. The molecule has 6 heteroatoms. The number of hydrogen-bond acceptors (Lipinski definition) is 5. The third-order valence-electron chi connectivity index (χ3n) is 1.90. The van der Waals surface area contributed by atoms with Crippen molar-refractivity contribution in [2.45, 2.75) is 6.42 Å². The van der Waals surface area contributed by atoms with Gasteiger partial charge in [0, 0.05) is 13.0 Å². The molecule has 1 heterocycles. The van der Waals surface area contributed by atoms with E-state index >= 15 is 0 Å². The third kappa shape index (κ3) is 2.95. The molecule has 0 fully saturated rings. The van der Waals surface area contributed by atoms with Crippen molar-refractivity contribution in [1.82, 2.24) is 9.88 Å². The molecule has 0 aliphatic heterocycles. The van der Waals surface area contributed by atoms with Crippen molar-refractivity contribution in [3.63, 3.8) is 0 Å². The van der Waals surface area contributed by atoms with Crippen LogP contribution < -0.4 is 5.76 Å². The van der Waals surface area contributed by atoms with Crippen LogP contribution in [0.3, 0.4) is 0 Å². The molecule has 1 aromatic rings. The van der Waals surface area contributed by atoms with Gasteiger partial charge in [-0.1, -0.05) is 0 Å². The second-order valence-electron chi connectivity index (χ2n) is 3.36. The Hall–Kier alpha value is -1.56. The Kier molecular flexibility index (Phi) is 3.68. The van der Waals surface area contributed by atoms with E-state index in [2.05, 4.69) is 9.72 Å². The van der Waals surface area contributed by atoms with E-state index in [0.717, 1.165) is 0 Å². The lowest BCUT2D eigenvalue weighted by atomic mass is 10.2. The lowest BCUT2D eigenvalue weighted by Gasteiger charge is -2.07. The summed E-state index contributed by atoms with van der Waals surface area (Å²) in [5.74, 6) is -0.890. The van der Waals surface area contributed by atoms with Gasteiger partial charge in [0.2, 0.25) is 0 Å². The Balaban J connectivity index is 2.86. The summed E-state index contributed by atoms with van der Waals surface area (Å²) in [6.07, 6.45) is 0.482. The fourth-order valence-electron chi connectivity index (χ4n) is 1.13. The normalized spacial score (nSPS) is 10.7. The van der Waals surface area contributed by atoms with Crippen LogP contribution >= 0.6 is 0 Å². The standard InChI is InChI=1S/C9H14N2O4/c1-11(2)5-4-6-7(8(12)14-3)10-9(13)15-6/h4-5H2,1-3H3,(H,10,13). The quantitative estimate of drug-likeness (QED) is 0.706. The average molecular weight is 214 g/mol. The molecule has 84 valence electrons. The zero-order valence-electron chi connectivity index (χ0n) is 8.99. The zero-order chi connectivity index (χ0) is 11.4. The summed E-state index contributed by atoms with van der Waals surface area (Å²) in [5, 5.41) is 0. The van der Waals surface area contributed by atoms with Crippen LogP contribution in [-0.2, 0) is 11.2 Å². The number of carbonyl (C=O) groups excluding carboxylic acids is 1. The molecule has 0 atom stereocenters. The highest BCUT2D eigenvalue weighted by Crippen LogP contribution is 2.06. The van der Waals surface area contributed by atoms with Crippen molar-refractivity contribution in [2.75, 3.05) is 27.7 Å². The van der Waals surface area contributed by atoms with E-state index in [1.54, 1.807) is 0 Å². The molecule has 1 N–H and O–H groups in total. The van der Waals surface area contributed by atoms with Gasteiger partial charge in [0.05, 0.1) is 7.11 Å². The van der Waals surface area contributed by atoms with Gasteiger partial charge in [-0.15, -0.1) is 0 Å². The molecule has 1 aromatic heterocycles. The van der Waals surface area contributed by atoms with Crippen molar-refractivity contribution in [3.05, 3.63) is 22.0 Å². The zero-order valence-corrected chi connectivity index (χ0v) is 8.99. The lowest BCUT2D eigenvalue weighted by Crippen LogP contribution is -2.16. The summed E-state index contributed by atoms with van der Waals surface area (Å²) in [6.45, 7) is 0.685. The van der Waals surface area contributed by atoms with Gasteiger partial charge in [-0.3, -0.25) is 4.98 Å². The smallest absolute Gasteiger partial charge is 0.417 e. The monoisotopic (exact) mass is 214 g/mol. The van der Waals surface area contributed by atoms with Crippen molar-refractivity contribution in [2.24, 2.45) is 0 Å². The molecule has 1 rings (SSSR count). The number of ether oxygens (including phenoxy) is 1. The molecule has 15 heavy (non-hydrogen) atoms. The highest BCUT2D eigenvalue weighted by molar-refractivity contribution is 5.88. The highest BCUT2D eigenvalue weighted by Gasteiger charge is 2.17. The van der Waals surface area contributed by atoms with E-state index in [1.807, 2.05) is 19.0 Å². The second-order valence-corrected chi connectivity index (χ2v) is 3.36. The molecule has 0 radical (unpaired) electrons. The molecule has 6 nitrogen and oxygen atoms in total. The molecule has 0 bridgehead atoms. The van der Waals surface area contributed by atoms with Crippen LogP contribution in [0.4, 0.5) is 0 Å². The predicted molar refractivity (Wildman–Crippen MR) is 52.9 cm³/mol. The Bertz CT molecular complexity index is 391. The number of hydrogen-bond donors (Lipinski definition) is 1. The number of rotatable bonds is 4. The van der Waals surface area contributed by atoms with Crippen LogP contribution in [0.5, 0.6) is 0 Å². The molecule has 0 saturated carbocycles. The van der Waals surface area contributed by atoms with E-state index < -0.39 is 11.7 Å². The number of aromatic amines is 1. The van der Waals surface area contributed by atoms with E-state index in [-0.39, 0.29) is 5.69 Å². The Morgan fingerprint density at radius 3 is 2.73 bits per heavy atom. The number of esters is 1. The van der Waals surface area contributed by atoms with Crippen LogP contribution in [0.2, 0.25) is 0 Å². The number of H-pyrrole nitrogens is 1. The first-order valence-electron chi connectivity index (χ1n) is 4.49. The highest BCUT2D eigenvalue weighted by atomic mass is 16.5. The number of oxazole rings is 1. The molecule has 0 aromatic carbocycles. The van der Waals surface area contributed by atoms with Gasteiger partial charge in [0.1, 0.15) is 5.76 Å². The number of methoxy groups -OCH3 is 1. The van der Waals surface area contributed by atoms with E-state index in [0.29, 0.717) is 18.7 Å². The molecule has 0 amide bonds. The molecule has 0 aliphatic carbocycles. The van der Waals surface area contributed by atoms with Gasteiger partial charge in [-0.05, 0) is 14.1 Å². The average Bonchev–Trinajstić information content (AvgIpc) is 2.55. The Labute approximate surface area is 86.8 Å². The molecular weight excluding hydrogens is 200 g/mol. The summed E-state index contributed by atoms with van der Waals surface area (Å²) in [5.41, 5.74) is 0.101. The van der Waals surface area contributed by atoms with Gasteiger partial charge in [-0.25, -0.2) is 9.59 Å². The Morgan fingerprint density at radius 2 is 2.20 bits per heavy atom. The minimum Gasteiger partial charge on any atom is -0.464 e. The summed E-state index contributed by atoms with van der Waals surface area (Å²) in [4.78, 5) is 26.4. The van der Waals surface area contributed by atoms with Crippen LogP contribution in [0.25, 0.3) is 0 Å². The fourth-order valence-corrected chi connectivity index (χ4v) is 1.13. The fraction of sp³-hybridized carbons (Fsp3) is 0.556. The first kappa shape index (κ1) is 11.5. The third-order valence-corrected chi connectivity index (χ3v) is 1.90. The number of likely N-dealkylation sites (N-methyl/N-ethyl adjacent to an activating group) is 1. The van der Waals surface area contributed by atoms with Crippen molar-refractivity contribution >= 4 is 5.97 Å². The number of nitrogens with one attached hydrogen (secondary N) is 1. The van der Waals surface area contributed by atoms with Crippen LogP contribution in [-0.4, -0.2) is 43.6 Å². The molecule has 0 saturated heterocycles. The van der Waals surface area contributed by atoms with E-state index in [4.69, 9.17) is 4.42 Å². The van der Waals surface area contributed by atoms with Gasteiger partial charge in [0.25, 0.3) is 0 Å². The van der Waals surface area contributed by atoms with E-state index in [1.165, 1.54) is 7.11 Å². The van der Waals surface area contributed by atoms with Crippen LogP contribution in [0.15, 0.2) is 9.21 Å². The number of carbonyl (C=O) groups is 1. The van der Waals surface area contributed by atoms with Crippen molar-refractivity contribution in [3.8, 4) is 0 Å². The maximum atomic E-state index is 11.2. The summed E-state index contributed by atoms with van der Waals surface area (Å²) >= 11 is 0. The van der Waals surface area contributed by atoms with Crippen LogP contribution in [0, 0.1) is 0 Å². The maximum Gasteiger partial charge on any atom is 0.417 e. The second kappa shape index (κ2) is 4.79. The van der Waals surface area contributed by atoms with Gasteiger partial charge >= 0.3 is 11.7 Å². The van der Waals surface area contributed by atoms with Gasteiger partial charge in [-0.2, -0.15) is 0 Å². The molecule has 0 unspecified atom stereocenters. The first-order valence-corrected chi connectivity index (χ1v) is 4.49. The minimum atomic E-state index is -0.635. The first-order chi connectivity index (χ1) is 7.04. The topological polar surface area (TPSA) is 75.5 Å². The largest absolute Gasteiger partial charge is 0.464 e. The van der Waals surface area contributed by atoms with Crippen molar-refractivity contribution in [1.29, 1.82) is 0 Å². The number of nitrogens with zero attached hydrogens (tertiary/aromatic N) is 1. The molecule has 0 spiro atoms. The summed E-state index contributed by atoms with van der Waals surface area (Å²) < 4.78 is 9.36. The maximum absolute atomic E-state index is 11.2. The molecule has 0 aliphatic rings. The lowest BCUT2D eigenvalue weighted by molar-refractivity contribution is 0.0592. The minimum absolute atomic E-state index is 0.101. The summed E-state index contributed by atoms with van der Waals surface area (Å²) in [6, 6.07) is 0. The van der Waals surface area contributed by atoms with Crippen molar-refractivity contribution < 1.29 is 13.9 Å². The molecular formula is C9H14N2O4. The number of aromatic nitrogens is 1. The van der Waals surface area contributed by atoms with Gasteiger partial charge < -0.3 is 14.1 Å². The van der Waals surface area contributed by atoms with E-state index in [9.17, 15) is 9.59 Å². The van der Waals surface area contributed by atoms with Crippen LogP contribution in [0.1, 0.15) is 16.2 Å². The Morgan fingerprint density at radius 1 is 1.53 bits per heavy atom. The van der Waals surface area contributed by atoms with Gasteiger partial charge in [0.15, 0.2) is 5.69 Å². The predicted octanol–water partition coefficient (Wildman–Crippen LogP) is -0.141. The SMILES string of the molecule is COC(=O)c1[nH]c(=O)oc1CCN(C)C.